The van der Waals surface area contributed by atoms with E-state index >= 15 is 0 Å². The van der Waals surface area contributed by atoms with Crippen molar-refractivity contribution in [3.8, 4) is 5.75 Å². The summed E-state index contributed by atoms with van der Waals surface area (Å²) in [6.45, 7) is 7.19. The van der Waals surface area contributed by atoms with Crippen molar-refractivity contribution in [2.24, 2.45) is 0 Å². The normalized spacial score (nSPS) is 27.1. The summed E-state index contributed by atoms with van der Waals surface area (Å²) < 4.78 is 5.19. The molecule has 3 nitrogen and oxygen atoms in total. The minimum atomic E-state index is 0.667. The van der Waals surface area contributed by atoms with Gasteiger partial charge in [-0.15, -0.1) is 0 Å². The van der Waals surface area contributed by atoms with E-state index in [0.717, 1.165) is 18.3 Å². The number of methoxy groups -OCH3 is 1. The number of benzene rings is 1. The number of ether oxygens (including phenoxy) is 1. The van der Waals surface area contributed by atoms with Crippen molar-refractivity contribution >= 4 is 6.08 Å². The zero-order chi connectivity index (χ0) is 14.7. The molecule has 2 aliphatic rings. The third-order valence-electron chi connectivity index (χ3n) is 4.83. The fourth-order valence-electron chi connectivity index (χ4n) is 3.54. The Morgan fingerprint density at radius 3 is 2.81 bits per heavy atom. The molecule has 0 unspecified atom stereocenters. The second-order valence-corrected chi connectivity index (χ2v) is 6.27. The van der Waals surface area contributed by atoms with Crippen LogP contribution in [0.15, 0.2) is 30.3 Å². The fourth-order valence-corrected chi connectivity index (χ4v) is 3.54. The molecule has 114 valence electrons. The van der Waals surface area contributed by atoms with Crippen LogP contribution in [0.5, 0.6) is 5.75 Å². The Balaban J connectivity index is 1.54. The fraction of sp³-hybridized carbons (Fsp3) is 0.556. The molecule has 2 saturated heterocycles. The van der Waals surface area contributed by atoms with Crippen LogP contribution in [0.3, 0.4) is 0 Å². The Bertz CT molecular complexity index is 482. The molecule has 0 aromatic heterocycles. The molecule has 3 rings (SSSR count). The van der Waals surface area contributed by atoms with Crippen LogP contribution in [-0.4, -0.2) is 55.2 Å². The molecule has 2 aliphatic heterocycles. The van der Waals surface area contributed by atoms with Gasteiger partial charge in [-0.3, -0.25) is 9.80 Å². The summed E-state index contributed by atoms with van der Waals surface area (Å²) in [5.74, 6) is 0.915. The van der Waals surface area contributed by atoms with Crippen LogP contribution in [0.1, 0.15) is 25.3 Å². The summed E-state index contributed by atoms with van der Waals surface area (Å²) in [4.78, 5) is 5.29. The molecule has 0 radical (unpaired) electrons. The lowest BCUT2D eigenvalue weighted by Gasteiger charge is -2.41. The molecule has 0 aliphatic carbocycles. The summed E-state index contributed by atoms with van der Waals surface area (Å²) in [6.07, 6.45) is 7.27. The number of hydrogen-bond acceptors (Lipinski definition) is 3. The molecule has 2 heterocycles. The highest BCUT2D eigenvalue weighted by molar-refractivity contribution is 5.50. The van der Waals surface area contributed by atoms with E-state index in [1.807, 2.05) is 12.1 Å². The van der Waals surface area contributed by atoms with Gasteiger partial charge in [0.15, 0.2) is 0 Å². The van der Waals surface area contributed by atoms with Gasteiger partial charge in [0.1, 0.15) is 5.75 Å². The molecule has 2 fully saturated rings. The van der Waals surface area contributed by atoms with Crippen LogP contribution in [0.25, 0.3) is 6.08 Å². The first-order chi connectivity index (χ1) is 10.3. The van der Waals surface area contributed by atoms with E-state index in [1.54, 1.807) is 7.11 Å². The molecule has 0 amide bonds. The zero-order valence-electron chi connectivity index (χ0n) is 13.2. The third-order valence-corrected chi connectivity index (χ3v) is 4.83. The maximum absolute atomic E-state index is 5.19. The third kappa shape index (κ3) is 3.47. The Labute approximate surface area is 128 Å². The second kappa shape index (κ2) is 6.63. The van der Waals surface area contributed by atoms with Crippen LogP contribution in [0.2, 0.25) is 0 Å². The maximum atomic E-state index is 5.19. The summed E-state index contributed by atoms with van der Waals surface area (Å²) >= 11 is 0. The Morgan fingerprint density at radius 2 is 2.05 bits per heavy atom. The number of piperazine rings is 1. The van der Waals surface area contributed by atoms with Crippen molar-refractivity contribution in [1.29, 1.82) is 0 Å². The van der Waals surface area contributed by atoms with Crippen molar-refractivity contribution in [3.05, 3.63) is 35.9 Å². The SMILES string of the molecule is COc1ccc(/C=C/CN2C[C@@H]3CCCN3C[C@@H]2C)cc1. The topological polar surface area (TPSA) is 15.7 Å². The van der Waals surface area contributed by atoms with Crippen molar-refractivity contribution in [1.82, 2.24) is 9.80 Å². The largest absolute Gasteiger partial charge is 0.497 e. The minimum Gasteiger partial charge on any atom is -0.497 e. The van der Waals surface area contributed by atoms with Gasteiger partial charge in [-0.1, -0.05) is 24.3 Å². The van der Waals surface area contributed by atoms with Gasteiger partial charge in [0.2, 0.25) is 0 Å². The maximum Gasteiger partial charge on any atom is 0.118 e. The number of rotatable bonds is 4. The molecule has 0 N–H and O–H groups in total. The minimum absolute atomic E-state index is 0.667. The predicted octanol–water partition coefficient (Wildman–Crippen LogP) is 2.88. The van der Waals surface area contributed by atoms with E-state index in [0.29, 0.717) is 6.04 Å². The summed E-state index contributed by atoms with van der Waals surface area (Å²) in [7, 11) is 1.70. The average molecular weight is 286 g/mol. The zero-order valence-corrected chi connectivity index (χ0v) is 13.2. The highest BCUT2D eigenvalue weighted by Gasteiger charge is 2.33. The van der Waals surface area contributed by atoms with Gasteiger partial charge < -0.3 is 4.74 Å². The van der Waals surface area contributed by atoms with E-state index in [4.69, 9.17) is 4.74 Å². The molecule has 21 heavy (non-hydrogen) atoms. The smallest absolute Gasteiger partial charge is 0.118 e. The van der Waals surface area contributed by atoms with Crippen LogP contribution < -0.4 is 4.74 Å². The number of fused-ring (bicyclic) bond motifs is 1. The second-order valence-electron chi connectivity index (χ2n) is 6.27. The molecule has 1 aromatic rings. The van der Waals surface area contributed by atoms with E-state index in [9.17, 15) is 0 Å². The number of hydrogen-bond donors (Lipinski definition) is 0. The van der Waals surface area contributed by atoms with Gasteiger partial charge in [0, 0.05) is 31.7 Å². The first-order valence-corrected chi connectivity index (χ1v) is 8.05. The van der Waals surface area contributed by atoms with Gasteiger partial charge in [-0.2, -0.15) is 0 Å². The van der Waals surface area contributed by atoms with E-state index in [-0.39, 0.29) is 0 Å². The molecule has 0 saturated carbocycles. The van der Waals surface area contributed by atoms with Crippen LogP contribution in [0, 0.1) is 0 Å². The molecule has 1 aromatic carbocycles. The first kappa shape index (κ1) is 14.6. The average Bonchev–Trinajstić information content (AvgIpc) is 2.95. The highest BCUT2D eigenvalue weighted by atomic mass is 16.5. The van der Waals surface area contributed by atoms with Gasteiger partial charge in [0.25, 0.3) is 0 Å². The number of nitrogens with zero attached hydrogens (tertiary/aromatic N) is 2. The van der Waals surface area contributed by atoms with Crippen molar-refractivity contribution in [2.75, 3.05) is 33.3 Å². The van der Waals surface area contributed by atoms with Gasteiger partial charge in [-0.05, 0) is 44.0 Å². The molecule has 0 bridgehead atoms. The Kier molecular flexibility index (Phi) is 4.61. The summed E-state index contributed by atoms with van der Waals surface area (Å²) in [6, 6.07) is 9.70. The van der Waals surface area contributed by atoms with Crippen molar-refractivity contribution in [2.45, 2.75) is 31.8 Å². The molecule has 3 heteroatoms. The lowest BCUT2D eigenvalue weighted by molar-refractivity contribution is 0.0686. The molecular weight excluding hydrogens is 260 g/mol. The van der Waals surface area contributed by atoms with E-state index < -0.39 is 0 Å². The van der Waals surface area contributed by atoms with Crippen LogP contribution in [0.4, 0.5) is 0 Å². The standard InChI is InChI=1S/C18H26N2O/c1-15-13-20-12-4-6-17(20)14-19(15)11-3-5-16-7-9-18(21-2)10-8-16/h3,5,7-10,15,17H,4,6,11-14H2,1-2H3/b5-3+/t15-,17-/m0/s1. The highest BCUT2D eigenvalue weighted by Crippen LogP contribution is 2.24. The summed E-state index contributed by atoms with van der Waals surface area (Å²) in [5.41, 5.74) is 1.24. The van der Waals surface area contributed by atoms with Crippen LogP contribution in [-0.2, 0) is 0 Å². The van der Waals surface area contributed by atoms with Gasteiger partial charge in [-0.25, -0.2) is 0 Å². The lowest BCUT2D eigenvalue weighted by Crippen LogP contribution is -2.54. The van der Waals surface area contributed by atoms with E-state index in [2.05, 4.69) is 41.0 Å². The lowest BCUT2D eigenvalue weighted by atomic mass is 10.1. The predicted molar refractivity (Wildman–Crippen MR) is 87.7 cm³/mol. The van der Waals surface area contributed by atoms with Gasteiger partial charge in [0.05, 0.1) is 7.11 Å². The van der Waals surface area contributed by atoms with Gasteiger partial charge >= 0.3 is 0 Å². The Morgan fingerprint density at radius 1 is 1.24 bits per heavy atom. The molecule has 2 atom stereocenters. The van der Waals surface area contributed by atoms with Crippen molar-refractivity contribution < 1.29 is 4.74 Å². The monoisotopic (exact) mass is 286 g/mol. The summed E-state index contributed by atoms with van der Waals surface area (Å²) in [5, 5.41) is 0. The molecular formula is C18H26N2O. The van der Waals surface area contributed by atoms with Crippen LogP contribution >= 0.6 is 0 Å². The first-order valence-electron chi connectivity index (χ1n) is 8.05. The van der Waals surface area contributed by atoms with E-state index in [1.165, 1.54) is 38.0 Å². The molecule has 0 spiro atoms. The Hall–Kier alpha value is -1.32. The van der Waals surface area contributed by atoms with Crippen molar-refractivity contribution in [3.63, 3.8) is 0 Å². The quantitative estimate of drug-likeness (QED) is 0.846.